The molecular formula is C27H25FN4O3S. The number of rotatable bonds is 6. The number of pyridine rings is 1. The van der Waals surface area contributed by atoms with Crippen LogP contribution in [0.1, 0.15) is 0 Å². The third-order valence-corrected chi connectivity index (χ3v) is 8.19. The third kappa shape index (κ3) is 4.74. The van der Waals surface area contributed by atoms with Crippen molar-refractivity contribution in [3.63, 3.8) is 0 Å². The van der Waals surface area contributed by atoms with Gasteiger partial charge in [-0.2, -0.15) is 0 Å². The fourth-order valence-corrected chi connectivity index (χ4v) is 6.07. The number of fused-ring (bicyclic) bond motifs is 1. The molecule has 0 atom stereocenters. The van der Waals surface area contributed by atoms with Gasteiger partial charge in [-0.15, -0.1) is 0 Å². The van der Waals surface area contributed by atoms with E-state index in [0.29, 0.717) is 37.0 Å². The normalized spacial score (nSPS) is 14.1. The van der Waals surface area contributed by atoms with Gasteiger partial charge in [0.05, 0.1) is 10.6 Å². The summed E-state index contributed by atoms with van der Waals surface area (Å²) in [7, 11) is -4.16. The van der Waals surface area contributed by atoms with Crippen molar-refractivity contribution in [1.82, 2.24) is 9.88 Å². The number of benzene rings is 3. The molecule has 36 heavy (non-hydrogen) atoms. The Labute approximate surface area is 209 Å². The molecule has 2 heterocycles. The Morgan fingerprint density at radius 2 is 1.61 bits per heavy atom. The Hall–Kier alpha value is -3.98. The van der Waals surface area contributed by atoms with Gasteiger partial charge in [-0.25, -0.2) is 12.8 Å². The highest BCUT2D eigenvalue weighted by atomic mass is 32.2. The number of sulfonamides is 1. The summed E-state index contributed by atoms with van der Waals surface area (Å²) in [5, 5.41) is 1.17. The molecular weight excluding hydrogens is 479 g/mol. The lowest BCUT2D eigenvalue weighted by Gasteiger charge is -2.37. The van der Waals surface area contributed by atoms with Crippen molar-refractivity contribution < 1.29 is 17.6 Å². The monoisotopic (exact) mass is 504 g/mol. The summed E-state index contributed by atoms with van der Waals surface area (Å²) in [6.07, 6.45) is 3.12. The third-order valence-electron chi connectivity index (χ3n) is 6.36. The molecule has 0 bridgehead atoms. The van der Waals surface area contributed by atoms with Crippen molar-refractivity contribution >= 4 is 38.1 Å². The van der Waals surface area contributed by atoms with Crippen LogP contribution in [0.2, 0.25) is 0 Å². The second kappa shape index (κ2) is 9.94. The van der Waals surface area contributed by atoms with Gasteiger partial charge < -0.3 is 9.80 Å². The van der Waals surface area contributed by atoms with Crippen LogP contribution in [-0.2, 0) is 14.8 Å². The highest BCUT2D eigenvalue weighted by Crippen LogP contribution is 2.29. The molecule has 0 unspecified atom stereocenters. The quantitative estimate of drug-likeness (QED) is 0.398. The smallest absolute Gasteiger partial charge is 0.265 e. The molecule has 1 fully saturated rings. The summed E-state index contributed by atoms with van der Waals surface area (Å²) in [5.74, 6) is -0.798. The Morgan fingerprint density at radius 1 is 0.889 bits per heavy atom. The maximum Gasteiger partial charge on any atom is 0.265 e. The second-order valence-corrected chi connectivity index (χ2v) is 10.4. The van der Waals surface area contributed by atoms with Crippen LogP contribution in [-0.4, -0.2) is 56.9 Å². The van der Waals surface area contributed by atoms with Gasteiger partial charge in [-0.1, -0.05) is 30.3 Å². The lowest BCUT2D eigenvalue weighted by atomic mass is 10.2. The van der Waals surface area contributed by atoms with Gasteiger partial charge in [-0.05, 0) is 48.5 Å². The van der Waals surface area contributed by atoms with Crippen LogP contribution in [0.15, 0.2) is 96.2 Å². The van der Waals surface area contributed by atoms with Gasteiger partial charge in [-0.3, -0.25) is 14.1 Å². The Bertz CT molecular complexity index is 1470. The van der Waals surface area contributed by atoms with Crippen molar-refractivity contribution in [1.29, 1.82) is 0 Å². The molecule has 1 aliphatic rings. The topological polar surface area (TPSA) is 73.8 Å². The van der Waals surface area contributed by atoms with Gasteiger partial charge in [0.15, 0.2) is 0 Å². The zero-order chi connectivity index (χ0) is 25.1. The molecule has 1 saturated heterocycles. The molecule has 9 heteroatoms. The summed E-state index contributed by atoms with van der Waals surface area (Å²) < 4.78 is 42.6. The van der Waals surface area contributed by atoms with Crippen LogP contribution in [0.3, 0.4) is 0 Å². The van der Waals surface area contributed by atoms with Gasteiger partial charge in [0, 0.05) is 55.0 Å². The van der Waals surface area contributed by atoms with Crippen molar-refractivity contribution in [3.05, 3.63) is 97.1 Å². The number of para-hydroxylation sites is 1. The van der Waals surface area contributed by atoms with E-state index in [1.54, 1.807) is 29.3 Å². The SMILES string of the molecule is O=C(CN(c1ccc(F)cc1)S(=O)(=O)c1cccc2cnccc12)N1CCN(c2ccccc2)CC1. The molecule has 1 aromatic heterocycles. The zero-order valence-electron chi connectivity index (χ0n) is 19.5. The van der Waals surface area contributed by atoms with E-state index in [0.717, 1.165) is 9.99 Å². The molecule has 3 aromatic carbocycles. The van der Waals surface area contributed by atoms with E-state index in [1.807, 2.05) is 30.3 Å². The molecule has 1 amide bonds. The Morgan fingerprint density at radius 3 is 2.33 bits per heavy atom. The minimum Gasteiger partial charge on any atom is -0.368 e. The highest BCUT2D eigenvalue weighted by Gasteiger charge is 2.31. The fraction of sp³-hybridized carbons (Fsp3) is 0.185. The molecule has 5 rings (SSSR count). The highest BCUT2D eigenvalue weighted by molar-refractivity contribution is 7.93. The summed E-state index contributed by atoms with van der Waals surface area (Å²) in [6, 6.07) is 21.7. The predicted octanol–water partition coefficient (Wildman–Crippen LogP) is 3.92. The molecule has 0 spiro atoms. The number of nitrogens with zero attached hydrogens (tertiary/aromatic N) is 4. The molecule has 7 nitrogen and oxygen atoms in total. The van der Waals surface area contributed by atoms with Crippen LogP contribution in [0, 0.1) is 5.82 Å². The van der Waals surface area contributed by atoms with Crippen LogP contribution in [0.4, 0.5) is 15.8 Å². The van der Waals surface area contributed by atoms with Gasteiger partial charge in [0.2, 0.25) is 5.91 Å². The summed E-state index contributed by atoms with van der Waals surface area (Å²) in [6.45, 7) is 1.86. The summed E-state index contributed by atoms with van der Waals surface area (Å²) in [4.78, 5) is 21.4. The zero-order valence-corrected chi connectivity index (χ0v) is 20.3. The van der Waals surface area contributed by atoms with Gasteiger partial charge in [0.25, 0.3) is 10.0 Å². The largest absolute Gasteiger partial charge is 0.368 e. The van der Waals surface area contributed by atoms with E-state index in [2.05, 4.69) is 9.88 Å². The van der Waals surface area contributed by atoms with E-state index in [-0.39, 0.29) is 23.0 Å². The lowest BCUT2D eigenvalue weighted by molar-refractivity contribution is -0.129. The van der Waals surface area contributed by atoms with Crippen molar-refractivity contribution in [3.8, 4) is 0 Å². The van der Waals surface area contributed by atoms with Crippen LogP contribution < -0.4 is 9.21 Å². The number of piperazine rings is 1. The molecule has 0 radical (unpaired) electrons. The van der Waals surface area contributed by atoms with Crippen LogP contribution in [0.5, 0.6) is 0 Å². The number of aromatic nitrogens is 1. The number of carbonyl (C=O) groups excluding carboxylic acids is 1. The van der Waals surface area contributed by atoms with E-state index < -0.39 is 15.8 Å². The number of amides is 1. The lowest BCUT2D eigenvalue weighted by Crippen LogP contribution is -2.52. The fourth-order valence-electron chi connectivity index (χ4n) is 4.43. The summed E-state index contributed by atoms with van der Waals surface area (Å²) in [5.41, 5.74) is 1.31. The van der Waals surface area contributed by atoms with Crippen LogP contribution in [0.25, 0.3) is 10.8 Å². The van der Waals surface area contributed by atoms with Crippen LogP contribution >= 0.6 is 0 Å². The van der Waals surface area contributed by atoms with E-state index in [9.17, 15) is 17.6 Å². The molecule has 0 saturated carbocycles. The Balaban J connectivity index is 1.42. The average Bonchev–Trinajstić information content (AvgIpc) is 2.92. The van der Waals surface area contributed by atoms with E-state index in [1.165, 1.54) is 36.5 Å². The first-order valence-electron chi connectivity index (χ1n) is 11.6. The number of hydrogen-bond acceptors (Lipinski definition) is 5. The minimum atomic E-state index is -4.16. The van der Waals surface area contributed by atoms with Crippen molar-refractivity contribution in [2.24, 2.45) is 0 Å². The Kier molecular flexibility index (Phi) is 6.56. The maximum atomic E-state index is 13.9. The standard InChI is InChI=1S/C27H25FN4O3S/c28-22-9-11-24(12-10-22)32(36(34,35)26-8-4-5-21-19-29-14-13-25(21)26)20-27(33)31-17-15-30(16-18-31)23-6-2-1-3-7-23/h1-14,19H,15-18,20H2. The van der Waals surface area contributed by atoms with E-state index in [4.69, 9.17) is 0 Å². The molecule has 1 aliphatic heterocycles. The first kappa shape index (κ1) is 23.7. The van der Waals surface area contributed by atoms with Crippen molar-refractivity contribution in [2.45, 2.75) is 4.90 Å². The molecule has 4 aromatic rings. The molecule has 0 N–H and O–H groups in total. The van der Waals surface area contributed by atoms with Gasteiger partial charge >= 0.3 is 0 Å². The number of carbonyl (C=O) groups is 1. The number of halogens is 1. The minimum absolute atomic E-state index is 0.0634. The first-order valence-corrected chi connectivity index (χ1v) is 13.1. The second-order valence-electron chi connectivity index (χ2n) is 8.54. The maximum absolute atomic E-state index is 13.9. The first-order chi connectivity index (χ1) is 17.4. The summed E-state index contributed by atoms with van der Waals surface area (Å²) >= 11 is 0. The number of anilines is 2. The average molecular weight is 505 g/mol. The predicted molar refractivity (Wildman–Crippen MR) is 138 cm³/mol. The van der Waals surface area contributed by atoms with E-state index >= 15 is 0 Å². The number of hydrogen-bond donors (Lipinski definition) is 0. The van der Waals surface area contributed by atoms with Gasteiger partial charge in [0.1, 0.15) is 12.4 Å². The molecule has 184 valence electrons. The molecule has 0 aliphatic carbocycles. The van der Waals surface area contributed by atoms with Crippen molar-refractivity contribution in [2.75, 3.05) is 41.9 Å².